The van der Waals surface area contributed by atoms with E-state index in [-0.39, 0.29) is 6.10 Å². The number of likely N-dealkylation sites (N-methyl/N-ethyl adjacent to an activating group) is 1. The summed E-state index contributed by atoms with van der Waals surface area (Å²) in [5.74, 6) is 1.19. The van der Waals surface area contributed by atoms with Crippen molar-refractivity contribution in [3.8, 4) is 6.01 Å². The molecule has 1 heterocycles. The smallest absolute Gasteiger partial charge is 0.323 e. The molecule has 0 fully saturated rings. The predicted molar refractivity (Wildman–Crippen MR) is 86.2 cm³/mol. The van der Waals surface area contributed by atoms with Crippen molar-refractivity contribution in [1.82, 2.24) is 19.9 Å². The molecule has 0 saturated heterocycles. The van der Waals surface area contributed by atoms with Gasteiger partial charge in [-0.3, -0.25) is 0 Å². The first-order chi connectivity index (χ1) is 9.96. The van der Waals surface area contributed by atoms with Crippen LogP contribution < -0.4 is 15.0 Å². The Hall–Kier alpha value is -1.63. The van der Waals surface area contributed by atoms with Crippen LogP contribution >= 0.6 is 0 Å². The summed E-state index contributed by atoms with van der Waals surface area (Å²) in [5, 5.41) is 2.96. The van der Waals surface area contributed by atoms with E-state index < -0.39 is 0 Å². The van der Waals surface area contributed by atoms with Crippen LogP contribution in [-0.2, 0) is 0 Å². The third-order valence-corrected chi connectivity index (χ3v) is 2.76. The van der Waals surface area contributed by atoms with Crippen LogP contribution in [0.4, 0.5) is 11.9 Å². The fraction of sp³-hybridized carbons (Fsp3) is 0.786. The molecular weight excluding hydrogens is 268 g/mol. The fourth-order valence-corrected chi connectivity index (χ4v) is 1.77. The first kappa shape index (κ1) is 17.4. The molecule has 7 heteroatoms. The summed E-state index contributed by atoms with van der Waals surface area (Å²) in [6.07, 6.45) is 1.07. The largest absolute Gasteiger partial charge is 0.461 e. The van der Waals surface area contributed by atoms with Gasteiger partial charge in [0.25, 0.3) is 0 Å². The first-order valence-corrected chi connectivity index (χ1v) is 7.46. The summed E-state index contributed by atoms with van der Waals surface area (Å²) < 4.78 is 5.61. The molecule has 0 bridgehead atoms. The second-order valence-electron chi connectivity index (χ2n) is 5.45. The Morgan fingerprint density at radius 3 is 2.33 bits per heavy atom. The molecule has 0 spiro atoms. The van der Waals surface area contributed by atoms with Gasteiger partial charge in [-0.05, 0) is 34.4 Å². The molecular formula is C14H28N6O. The molecule has 0 aliphatic rings. The molecule has 1 aromatic heterocycles. The van der Waals surface area contributed by atoms with Crippen LogP contribution in [0.1, 0.15) is 27.2 Å². The van der Waals surface area contributed by atoms with Crippen molar-refractivity contribution in [1.29, 1.82) is 0 Å². The van der Waals surface area contributed by atoms with Crippen molar-refractivity contribution < 1.29 is 4.74 Å². The lowest BCUT2D eigenvalue weighted by atomic mass is 10.4. The summed E-state index contributed by atoms with van der Waals surface area (Å²) in [5.41, 5.74) is 0. The van der Waals surface area contributed by atoms with Gasteiger partial charge < -0.3 is 19.9 Å². The van der Waals surface area contributed by atoms with Crippen LogP contribution in [0.15, 0.2) is 0 Å². The van der Waals surface area contributed by atoms with Gasteiger partial charge in [0.2, 0.25) is 11.9 Å². The molecule has 0 saturated carbocycles. The van der Waals surface area contributed by atoms with E-state index in [4.69, 9.17) is 4.74 Å². The molecule has 1 N–H and O–H groups in total. The zero-order valence-electron chi connectivity index (χ0n) is 14.1. The van der Waals surface area contributed by atoms with Crippen molar-refractivity contribution in [2.75, 3.05) is 51.0 Å². The second kappa shape index (κ2) is 8.61. The third-order valence-electron chi connectivity index (χ3n) is 2.76. The summed E-state index contributed by atoms with van der Waals surface area (Å²) in [7, 11) is 5.91. The Labute approximate surface area is 127 Å². The van der Waals surface area contributed by atoms with Gasteiger partial charge in [0.15, 0.2) is 0 Å². The van der Waals surface area contributed by atoms with E-state index in [1.54, 1.807) is 7.05 Å². The minimum atomic E-state index is 0.0337. The molecule has 0 aromatic carbocycles. The van der Waals surface area contributed by atoms with Crippen LogP contribution in [0.3, 0.4) is 0 Å². The Morgan fingerprint density at radius 2 is 1.81 bits per heavy atom. The van der Waals surface area contributed by atoms with Crippen molar-refractivity contribution >= 4 is 11.9 Å². The molecule has 0 aliphatic carbocycles. The quantitative estimate of drug-likeness (QED) is 0.740. The lowest BCUT2D eigenvalue weighted by Crippen LogP contribution is -2.34. The fourth-order valence-electron chi connectivity index (χ4n) is 1.77. The molecule has 0 unspecified atom stereocenters. The number of nitrogens with zero attached hydrogens (tertiary/aromatic N) is 5. The zero-order chi connectivity index (χ0) is 15.8. The Kier molecular flexibility index (Phi) is 7.14. The van der Waals surface area contributed by atoms with Crippen LogP contribution in [0.25, 0.3) is 0 Å². The predicted octanol–water partition coefficient (Wildman–Crippen LogP) is 1.48. The average molecular weight is 296 g/mol. The molecule has 0 amide bonds. The highest BCUT2D eigenvalue weighted by Gasteiger charge is 2.14. The van der Waals surface area contributed by atoms with Gasteiger partial charge in [-0.1, -0.05) is 6.92 Å². The van der Waals surface area contributed by atoms with Gasteiger partial charge in [-0.2, -0.15) is 15.0 Å². The van der Waals surface area contributed by atoms with Crippen LogP contribution in [-0.4, -0.2) is 66.7 Å². The number of hydrogen-bond acceptors (Lipinski definition) is 7. The number of aromatic nitrogens is 3. The maximum atomic E-state index is 5.61. The van der Waals surface area contributed by atoms with Crippen molar-refractivity contribution in [2.45, 2.75) is 33.3 Å². The number of anilines is 2. The topological polar surface area (TPSA) is 66.4 Å². The Bertz CT molecular complexity index is 424. The average Bonchev–Trinajstić information content (AvgIpc) is 2.42. The SMILES string of the molecule is CCCN(CCN(C)C)c1nc(NC)nc(OC(C)C)n1. The van der Waals surface area contributed by atoms with Crippen LogP contribution in [0.2, 0.25) is 0 Å². The maximum absolute atomic E-state index is 5.61. The van der Waals surface area contributed by atoms with E-state index in [0.717, 1.165) is 26.1 Å². The van der Waals surface area contributed by atoms with Gasteiger partial charge in [0.05, 0.1) is 6.10 Å². The highest BCUT2D eigenvalue weighted by molar-refractivity contribution is 5.38. The van der Waals surface area contributed by atoms with Gasteiger partial charge in [-0.15, -0.1) is 0 Å². The van der Waals surface area contributed by atoms with E-state index in [0.29, 0.717) is 17.9 Å². The monoisotopic (exact) mass is 296 g/mol. The molecule has 0 radical (unpaired) electrons. The molecule has 1 aromatic rings. The minimum Gasteiger partial charge on any atom is -0.461 e. The number of nitrogens with one attached hydrogen (secondary N) is 1. The van der Waals surface area contributed by atoms with E-state index in [9.17, 15) is 0 Å². The second-order valence-corrected chi connectivity index (χ2v) is 5.45. The van der Waals surface area contributed by atoms with Crippen molar-refractivity contribution in [3.63, 3.8) is 0 Å². The number of rotatable bonds is 9. The number of ether oxygens (including phenoxy) is 1. The maximum Gasteiger partial charge on any atom is 0.323 e. The van der Waals surface area contributed by atoms with E-state index >= 15 is 0 Å². The lowest BCUT2D eigenvalue weighted by Gasteiger charge is -2.24. The van der Waals surface area contributed by atoms with Crippen LogP contribution in [0, 0.1) is 0 Å². The van der Waals surface area contributed by atoms with Crippen molar-refractivity contribution in [3.05, 3.63) is 0 Å². The normalized spacial score (nSPS) is 11.0. The summed E-state index contributed by atoms with van der Waals surface area (Å²) >= 11 is 0. The minimum absolute atomic E-state index is 0.0337. The van der Waals surface area contributed by atoms with Gasteiger partial charge >= 0.3 is 6.01 Å². The van der Waals surface area contributed by atoms with Gasteiger partial charge in [0.1, 0.15) is 0 Å². The molecule has 120 valence electrons. The molecule has 1 rings (SSSR count). The molecule has 7 nitrogen and oxygen atoms in total. The van der Waals surface area contributed by atoms with Gasteiger partial charge in [-0.25, -0.2) is 0 Å². The Balaban J connectivity index is 2.98. The standard InChI is InChI=1S/C14H28N6O/c1-7-8-20(10-9-19(5)6)13-16-12(15-4)17-14(18-13)21-11(2)3/h11H,7-10H2,1-6H3,(H,15,16,17,18). The molecule has 21 heavy (non-hydrogen) atoms. The molecule has 0 aliphatic heterocycles. The van der Waals surface area contributed by atoms with Gasteiger partial charge in [0, 0.05) is 26.7 Å². The summed E-state index contributed by atoms with van der Waals surface area (Å²) in [6, 6.07) is 0.366. The highest BCUT2D eigenvalue weighted by Crippen LogP contribution is 2.16. The zero-order valence-corrected chi connectivity index (χ0v) is 14.1. The summed E-state index contributed by atoms with van der Waals surface area (Å²) in [6.45, 7) is 8.78. The third kappa shape index (κ3) is 6.12. The highest BCUT2D eigenvalue weighted by atomic mass is 16.5. The Morgan fingerprint density at radius 1 is 1.10 bits per heavy atom. The lowest BCUT2D eigenvalue weighted by molar-refractivity contribution is 0.222. The number of hydrogen-bond donors (Lipinski definition) is 1. The first-order valence-electron chi connectivity index (χ1n) is 7.46. The van der Waals surface area contributed by atoms with Crippen molar-refractivity contribution in [2.24, 2.45) is 0 Å². The van der Waals surface area contributed by atoms with E-state index in [1.165, 1.54) is 0 Å². The van der Waals surface area contributed by atoms with E-state index in [1.807, 2.05) is 13.8 Å². The van der Waals surface area contributed by atoms with Crippen LogP contribution in [0.5, 0.6) is 6.01 Å². The van der Waals surface area contributed by atoms with E-state index in [2.05, 4.69) is 51.1 Å². The summed E-state index contributed by atoms with van der Waals surface area (Å²) in [4.78, 5) is 17.4. The molecule has 0 atom stereocenters.